The van der Waals surface area contributed by atoms with Gasteiger partial charge in [0.1, 0.15) is 5.69 Å². The van der Waals surface area contributed by atoms with Gasteiger partial charge in [-0.2, -0.15) is 0 Å². The normalized spacial score (nSPS) is 15.0. The molecule has 0 saturated carbocycles. The summed E-state index contributed by atoms with van der Waals surface area (Å²) in [5.41, 5.74) is 3.71. The Labute approximate surface area is 173 Å². The standard InChI is InChI=1S/C22H26N4O4/c1-4-30-21(28)18-13(2)19(23-14(18)3)20(27)25-11-9-15(10-12-25)26-17-8-6-5-7-16(17)24-22(26)29/h5-8,15,23H,4,9-12H2,1-3H3,(H,24,29). The van der Waals surface area contributed by atoms with E-state index in [-0.39, 0.29) is 24.2 Å². The Morgan fingerprint density at radius 3 is 2.53 bits per heavy atom. The highest BCUT2D eigenvalue weighted by Gasteiger charge is 2.30. The SMILES string of the molecule is CCOC(=O)c1c(C)[nH]c(C(=O)N2CCC(n3c(=O)[nH]c4ccccc43)CC2)c1C. The number of carbonyl (C=O) groups is 2. The zero-order valence-electron chi connectivity index (χ0n) is 17.4. The third kappa shape index (κ3) is 3.32. The number of benzene rings is 1. The van der Waals surface area contributed by atoms with Crippen molar-refractivity contribution in [3.8, 4) is 0 Å². The number of esters is 1. The van der Waals surface area contributed by atoms with Crippen molar-refractivity contribution < 1.29 is 14.3 Å². The molecule has 1 aromatic carbocycles. The van der Waals surface area contributed by atoms with Crippen LogP contribution in [0.3, 0.4) is 0 Å². The first kappa shape index (κ1) is 20.0. The average molecular weight is 410 g/mol. The molecule has 0 aliphatic carbocycles. The third-order valence-electron chi connectivity index (χ3n) is 5.87. The smallest absolute Gasteiger partial charge is 0.340 e. The molecule has 4 rings (SSSR count). The number of carbonyl (C=O) groups excluding carboxylic acids is 2. The summed E-state index contributed by atoms with van der Waals surface area (Å²) < 4.78 is 6.92. The maximum absolute atomic E-state index is 13.1. The molecule has 1 aliphatic rings. The Morgan fingerprint density at radius 2 is 1.83 bits per heavy atom. The van der Waals surface area contributed by atoms with E-state index < -0.39 is 5.97 Å². The van der Waals surface area contributed by atoms with Gasteiger partial charge in [0.2, 0.25) is 0 Å². The molecular formula is C22H26N4O4. The van der Waals surface area contributed by atoms with Crippen molar-refractivity contribution in [2.45, 2.75) is 39.7 Å². The van der Waals surface area contributed by atoms with Gasteiger partial charge in [-0.25, -0.2) is 9.59 Å². The van der Waals surface area contributed by atoms with Gasteiger partial charge in [0.05, 0.1) is 23.2 Å². The van der Waals surface area contributed by atoms with Crippen LogP contribution < -0.4 is 5.69 Å². The molecule has 30 heavy (non-hydrogen) atoms. The number of imidazole rings is 1. The van der Waals surface area contributed by atoms with E-state index in [1.807, 2.05) is 24.3 Å². The zero-order valence-corrected chi connectivity index (χ0v) is 17.4. The second-order valence-electron chi connectivity index (χ2n) is 7.69. The predicted octanol–water partition coefficient (Wildman–Crippen LogP) is 2.93. The number of piperidine rings is 1. The van der Waals surface area contributed by atoms with Gasteiger partial charge in [-0.15, -0.1) is 0 Å². The monoisotopic (exact) mass is 410 g/mol. The zero-order chi connectivity index (χ0) is 21.4. The lowest BCUT2D eigenvalue weighted by Gasteiger charge is -2.32. The molecule has 1 aliphatic heterocycles. The van der Waals surface area contributed by atoms with Gasteiger partial charge in [-0.1, -0.05) is 12.1 Å². The molecule has 2 aromatic heterocycles. The number of nitrogens with one attached hydrogen (secondary N) is 2. The molecule has 0 radical (unpaired) electrons. The molecule has 0 spiro atoms. The molecule has 158 valence electrons. The number of fused-ring (bicyclic) bond motifs is 1. The maximum Gasteiger partial charge on any atom is 0.340 e. The van der Waals surface area contributed by atoms with E-state index in [9.17, 15) is 14.4 Å². The lowest BCUT2D eigenvalue weighted by Crippen LogP contribution is -2.40. The number of aryl methyl sites for hydroxylation is 1. The van der Waals surface area contributed by atoms with Crippen LogP contribution in [0, 0.1) is 13.8 Å². The number of rotatable bonds is 4. The summed E-state index contributed by atoms with van der Waals surface area (Å²) in [6, 6.07) is 7.69. The van der Waals surface area contributed by atoms with Crippen molar-refractivity contribution in [2.24, 2.45) is 0 Å². The predicted molar refractivity (Wildman–Crippen MR) is 113 cm³/mol. The maximum atomic E-state index is 13.1. The summed E-state index contributed by atoms with van der Waals surface area (Å²) in [5, 5.41) is 0. The van der Waals surface area contributed by atoms with Crippen LogP contribution in [-0.2, 0) is 4.74 Å². The van der Waals surface area contributed by atoms with Crippen LogP contribution in [-0.4, -0.2) is 51.0 Å². The van der Waals surface area contributed by atoms with E-state index in [0.29, 0.717) is 48.4 Å². The van der Waals surface area contributed by atoms with Gasteiger partial charge >= 0.3 is 11.7 Å². The first-order chi connectivity index (χ1) is 14.4. The topological polar surface area (TPSA) is 100 Å². The molecule has 1 amide bonds. The molecule has 3 heterocycles. The highest BCUT2D eigenvalue weighted by atomic mass is 16.5. The van der Waals surface area contributed by atoms with E-state index in [1.54, 1.807) is 30.2 Å². The van der Waals surface area contributed by atoms with E-state index in [1.165, 1.54) is 0 Å². The molecule has 1 saturated heterocycles. The molecule has 0 bridgehead atoms. The third-order valence-corrected chi connectivity index (χ3v) is 5.87. The number of aromatic nitrogens is 3. The molecule has 8 nitrogen and oxygen atoms in total. The Morgan fingerprint density at radius 1 is 1.13 bits per heavy atom. The number of likely N-dealkylation sites (tertiary alicyclic amines) is 1. The molecule has 0 atom stereocenters. The van der Waals surface area contributed by atoms with Crippen molar-refractivity contribution >= 4 is 22.9 Å². The summed E-state index contributed by atoms with van der Waals surface area (Å²) in [6.45, 7) is 6.66. The molecule has 0 unspecified atom stereocenters. The average Bonchev–Trinajstić information content (AvgIpc) is 3.22. The number of aromatic amines is 2. The van der Waals surface area contributed by atoms with Crippen molar-refractivity contribution in [2.75, 3.05) is 19.7 Å². The minimum atomic E-state index is -0.416. The quantitative estimate of drug-likeness (QED) is 0.646. The fourth-order valence-corrected chi connectivity index (χ4v) is 4.40. The highest BCUT2D eigenvalue weighted by Crippen LogP contribution is 2.27. The summed E-state index contributed by atoms with van der Waals surface area (Å²) in [4.78, 5) is 45.5. The van der Waals surface area contributed by atoms with Gasteiger partial charge in [-0.05, 0) is 51.3 Å². The van der Waals surface area contributed by atoms with Gasteiger partial charge in [-0.3, -0.25) is 9.36 Å². The second kappa shape index (κ2) is 7.85. The Kier molecular flexibility index (Phi) is 5.24. The number of H-pyrrole nitrogens is 2. The number of amides is 1. The Hall–Kier alpha value is -3.29. The summed E-state index contributed by atoms with van der Waals surface area (Å²) in [5.74, 6) is -0.545. The summed E-state index contributed by atoms with van der Waals surface area (Å²) in [7, 11) is 0. The lowest BCUT2D eigenvalue weighted by molar-refractivity contribution is 0.0525. The fourth-order valence-electron chi connectivity index (χ4n) is 4.40. The lowest BCUT2D eigenvalue weighted by atomic mass is 10.0. The van der Waals surface area contributed by atoms with E-state index >= 15 is 0 Å². The minimum Gasteiger partial charge on any atom is -0.462 e. The van der Waals surface area contributed by atoms with Crippen molar-refractivity contribution in [3.05, 3.63) is 57.3 Å². The molecule has 2 N–H and O–H groups in total. The van der Waals surface area contributed by atoms with Crippen LogP contribution in [0.5, 0.6) is 0 Å². The Bertz CT molecular complexity index is 1160. The number of hydrogen-bond acceptors (Lipinski definition) is 4. The summed E-state index contributed by atoms with van der Waals surface area (Å²) in [6.07, 6.45) is 1.38. The van der Waals surface area contributed by atoms with Crippen LogP contribution in [0.1, 0.15) is 57.9 Å². The second-order valence-corrected chi connectivity index (χ2v) is 7.69. The Balaban J connectivity index is 1.51. The van der Waals surface area contributed by atoms with E-state index in [0.717, 1.165) is 11.0 Å². The summed E-state index contributed by atoms with van der Waals surface area (Å²) >= 11 is 0. The van der Waals surface area contributed by atoms with Gasteiger partial charge in [0, 0.05) is 24.8 Å². The van der Waals surface area contributed by atoms with Crippen LogP contribution in [0.25, 0.3) is 11.0 Å². The van der Waals surface area contributed by atoms with E-state index in [2.05, 4.69) is 9.97 Å². The van der Waals surface area contributed by atoms with Gasteiger partial charge in [0.25, 0.3) is 5.91 Å². The highest BCUT2D eigenvalue weighted by molar-refractivity contribution is 6.00. The number of para-hydroxylation sites is 2. The van der Waals surface area contributed by atoms with Crippen LogP contribution in [0.2, 0.25) is 0 Å². The van der Waals surface area contributed by atoms with Crippen molar-refractivity contribution in [3.63, 3.8) is 0 Å². The number of hydrogen-bond donors (Lipinski definition) is 2. The van der Waals surface area contributed by atoms with Gasteiger partial charge in [0.15, 0.2) is 0 Å². The fraction of sp³-hybridized carbons (Fsp3) is 0.409. The molecule has 1 fully saturated rings. The van der Waals surface area contributed by atoms with Gasteiger partial charge < -0.3 is 19.6 Å². The van der Waals surface area contributed by atoms with Crippen LogP contribution in [0.15, 0.2) is 29.1 Å². The van der Waals surface area contributed by atoms with Crippen LogP contribution >= 0.6 is 0 Å². The minimum absolute atomic E-state index is 0.0410. The molecule has 3 aromatic rings. The number of ether oxygens (including phenoxy) is 1. The van der Waals surface area contributed by atoms with Crippen LogP contribution in [0.4, 0.5) is 0 Å². The number of nitrogens with zero attached hydrogens (tertiary/aromatic N) is 2. The molecular weight excluding hydrogens is 384 g/mol. The molecule has 8 heteroatoms. The first-order valence-corrected chi connectivity index (χ1v) is 10.3. The van der Waals surface area contributed by atoms with Crippen molar-refractivity contribution in [1.82, 2.24) is 19.4 Å². The van der Waals surface area contributed by atoms with Crippen molar-refractivity contribution in [1.29, 1.82) is 0 Å². The first-order valence-electron chi connectivity index (χ1n) is 10.3. The van der Waals surface area contributed by atoms with E-state index in [4.69, 9.17) is 4.74 Å². The largest absolute Gasteiger partial charge is 0.462 e.